The lowest BCUT2D eigenvalue weighted by molar-refractivity contribution is 0.112. The van der Waals surface area contributed by atoms with E-state index in [0.29, 0.717) is 11.5 Å². The molecule has 17 heavy (non-hydrogen) atoms. The van der Waals surface area contributed by atoms with Crippen molar-refractivity contribution in [1.29, 1.82) is 0 Å². The summed E-state index contributed by atoms with van der Waals surface area (Å²) in [7, 11) is 0. The Hall–Kier alpha value is -1.68. The van der Waals surface area contributed by atoms with Crippen molar-refractivity contribution in [2.75, 3.05) is 6.61 Å². The molecule has 0 amide bonds. The standard InChI is InChI=1S/C13H13NO2S/c1-3-16-11-6-4-5-10(7-11)13-14-9(2)12(8-15)17-13/h4-8H,3H2,1-2H3. The first-order valence-electron chi connectivity index (χ1n) is 5.40. The lowest BCUT2D eigenvalue weighted by Crippen LogP contribution is -1.91. The number of ether oxygens (including phenoxy) is 1. The maximum absolute atomic E-state index is 10.8. The molecule has 2 rings (SSSR count). The summed E-state index contributed by atoms with van der Waals surface area (Å²) >= 11 is 1.40. The number of rotatable bonds is 4. The summed E-state index contributed by atoms with van der Waals surface area (Å²) in [6, 6.07) is 7.75. The second-order valence-corrected chi connectivity index (χ2v) is 4.58. The molecule has 0 radical (unpaired) electrons. The maximum Gasteiger partial charge on any atom is 0.161 e. The van der Waals surface area contributed by atoms with E-state index >= 15 is 0 Å². The fourth-order valence-electron chi connectivity index (χ4n) is 1.53. The lowest BCUT2D eigenvalue weighted by atomic mass is 10.2. The van der Waals surface area contributed by atoms with Crippen LogP contribution < -0.4 is 4.74 Å². The van der Waals surface area contributed by atoms with Crippen molar-refractivity contribution in [3.63, 3.8) is 0 Å². The highest BCUT2D eigenvalue weighted by atomic mass is 32.1. The number of hydrogen-bond donors (Lipinski definition) is 0. The van der Waals surface area contributed by atoms with E-state index in [1.807, 2.05) is 38.1 Å². The molecule has 0 N–H and O–H groups in total. The van der Waals surface area contributed by atoms with Crippen molar-refractivity contribution < 1.29 is 9.53 Å². The van der Waals surface area contributed by atoms with Crippen LogP contribution in [0.4, 0.5) is 0 Å². The molecule has 88 valence electrons. The minimum absolute atomic E-state index is 0.639. The highest BCUT2D eigenvalue weighted by molar-refractivity contribution is 7.16. The van der Waals surface area contributed by atoms with Gasteiger partial charge in [0.15, 0.2) is 6.29 Å². The topological polar surface area (TPSA) is 39.2 Å². The Morgan fingerprint density at radius 3 is 2.94 bits per heavy atom. The summed E-state index contributed by atoms with van der Waals surface area (Å²) in [6.07, 6.45) is 0.850. The summed E-state index contributed by atoms with van der Waals surface area (Å²) in [5, 5.41) is 0.853. The molecule has 0 atom stereocenters. The van der Waals surface area contributed by atoms with Crippen LogP contribution in [0.5, 0.6) is 5.75 Å². The molecule has 0 spiro atoms. The summed E-state index contributed by atoms with van der Waals surface area (Å²) < 4.78 is 5.44. The van der Waals surface area contributed by atoms with Crippen LogP contribution in [-0.4, -0.2) is 17.9 Å². The van der Waals surface area contributed by atoms with E-state index in [4.69, 9.17) is 4.74 Å². The average Bonchev–Trinajstić information content (AvgIpc) is 2.71. The van der Waals surface area contributed by atoms with Crippen LogP contribution in [-0.2, 0) is 0 Å². The Morgan fingerprint density at radius 1 is 1.47 bits per heavy atom. The van der Waals surface area contributed by atoms with Gasteiger partial charge in [0.25, 0.3) is 0 Å². The van der Waals surface area contributed by atoms with Crippen LogP contribution >= 0.6 is 11.3 Å². The molecule has 1 heterocycles. The third-order valence-corrected chi connectivity index (χ3v) is 3.46. The van der Waals surface area contributed by atoms with E-state index in [1.54, 1.807) is 0 Å². The Morgan fingerprint density at radius 2 is 2.29 bits per heavy atom. The summed E-state index contributed by atoms with van der Waals surface area (Å²) in [6.45, 7) is 4.43. The number of thiazole rings is 1. The van der Waals surface area contributed by atoms with Gasteiger partial charge in [-0.25, -0.2) is 4.98 Å². The van der Waals surface area contributed by atoms with E-state index in [2.05, 4.69) is 4.98 Å². The summed E-state index contributed by atoms with van der Waals surface area (Å²) in [5.41, 5.74) is 1.76. The Bertz CT molecular complexity index is 534. The zero-order valence-corrected chi connectivity index (χ0v) is 10.6. The highest BCUT2D eigenvalue weighted by Gasteiger charge is 2.09. The monoisotopic (exact) mass is 247 g/mol. The molecule has 0 aliphatic carbocycles. The summed E-state index contributed by atoms with van der Waals surface area (Å²) in [5.74, 6) is 0.825. The van der Waals surface area contributed by atoms with E-state index in [1.165, 1.54) is 11.3 Å². The zero-order chi connectivity index (χ0) is 12.3. The van der Waals surface area contributed by atoms with Crippen molar-refractivity contribution in [3.05, 3.63) is 34.8 Å². The molecule has 0 saturated carbocycles. The molecule has 0 fully saturated rings. The Kier molecular flexibility index (Phi) is 3.54. The SMILES string of the molecule is CCOc1cccc(-c2nc(C)c(C=O)s2)c1. The van der Waals surface area contributed by atoms with E-state index < -0.39 is 0 Å². The largest absolute Gasteiger partial charge is 0.494 e. The molecule has 0 bridgehead atoms. The number of carbonyl (C=O) groups excluding carboxylic acids is 1. The maximum atomic E-state index is 10.8. The molecular formula is C13H13NO2S. The number of aryl methyl sites for hydroxylation is 1. The molecule has 0 aliphatic heterocycles. The number of benzene rings is 1. The predicted molar refractivity (Wildman–Crippen MR) is 68.8 cm³/mol. The van der Waals surface area contributed by atoms with Gasteiger partial charge in [0.1, 0.15) is 10.8 Å². The first-order valence-corrected chi connectivity index (χ1v) is 6.22. The molecule has 0 saturated heterocycles. The van der Waals surface area contributed by atoms with Gasteiger partial charge in [0.05, 0.1) is 17.2 Å². The van der Waals surface area contributed by atoms with Gasteiger partial charge in [-0.2, -0.15) is 0 Å². The molecular weight excluding hydrogens is 234 g/mol. The Balaban J connectivity index is 2.38. The molecule has 0 aliphatic rings. The van der Waals surface area contributed by atoms with Crippen LogP contribution in [0, 0.1) is 6.92 Å². The van der Waals surface area contributed by atoms with Crippen molar-refractivity contribution in [2.45, 2.75) is 13.8 Å². The van der Waals surface area contributed by atoms with Crippen LogP contribution in [0.15, 0.2) is 24.3 Å². The van der Waals surface area contributed by atoms with Crippen molar-refractivity contribution in [2.24, 2.45) is 0 Å². The zero-order valence-electron chi connectivity index (χ0n) is 9.77. The van der Waals surface area contributed by atoms with Crippen LogP contribution in [0.2, 0.25) is 0 Å². The fourth-order valence-corrected chi connectivity index (χ4v) is 2.40. The highest BCUT2D eigenvalue weighted by Crippen LogP contribution is 2.29. The fraction of sp³-hybridized carbons (Fsp3) is 0.231. The number of aromatic nitrogens is 1. The minimum Gasteiger partial charge on any atom is -0.494 e. The van der Waals surface area contributed by atoms with E-state index in [-0.39, 0.29) is 0 Å². The first kappa shape index (κ1) is 11.8. The first-order chi connectivity index (χ1) is 8.24. The quantitative estimate of drug-likeness (QED) is 0.778. The number of hydrogen-bond acceptors (Lipinski definition) is 4. The van der Waals surface area contributed by atoms with Crippen molar-refractivity contribution in [1.82, 2.24) is 4.98 Å². The normalized spacial score (nSPS) is 10.2. The van der Waals surface area contributed by atoms with Gasteiger partial charge < -0.3 is 4.74 Å². The molecule has 2 aromatic rings. The molecule has 3 nitrogen and oxygen atoms in total. The van der Waals surface area contributed by atoms with Crippen LogP contribution in [0.3, 0.4) is 0 Å². The van der Waals surface area contributed by atoms with E-state index in [9.17, 15) is 4.79 Å². The summed E-state index contributed by atoms with van der Waals surface area (Å²) in [4.78, 5) is 15.9. The number of aldehydes is 1. The second kappa shape index (κ2) is 5.10. The van der Waals surface area contributed by atoms with Crippen molar-refractivity contribution >= 4 is 17.6 Å². The third-order valence-electron chi connectivity index (χ3n) is 2.33. The van der Waals surface area contributed by atoms with Crippen LogP contribution in [0.1, 0.15) is 22.3 Å². The third kappa shape index (κ3) is 2.53. The van der Waals surface area contributed by atoms with Gasteiger partial charge in [-0.05, 0) is 26.0 Å². The van der Waals surface area contributed by atoms with Gasteiger partial charge in [0, 0.05) is 5.56 Å². The Labute approximate surface area is 104 Å². The smallest absolute Gasteiger partial charge is 0.161 e. The van der Waals surface area contributed by atoms with E-state index in [0.717, 1.165) is 28.3 Å². The van der Waals surface area contributed by atoms with Crippen LogP contribution in [0.25, 0.3) is 10.6 Å². The molecule has 4 heteroatoms. The van der Waals surface area contributed by atoms with Gasteiger partial charge in [-0.1, -0.05) is 12.1 Å². The van der Waals surface area contributed by atoms with Gasteiger partial charge in [0.2, 0.25) is 0 Å². The minimum atomic E-state index is 0.639. The predicted octanol–water partition coefficient (Wildman–Crippen LogP) is 3.33. The second-order valence-electron chi connectivity index (χ2n) is 3.55. The average molecular weight is 247 g/mol. The van der Waals surface area contributed by atoms with Gasteiger partial charge in [-0.15, -0.1) is 11.3 Å². The lowest BCUT2D eigenvalue weighted by Gasteiger charge is -2.03. The van der Waals surface area contributed by atoms with Gasteiger partial charge >= 0.3 is 0 Å². The number of nitrogens with zero attached hydrogens (tertiary/aromatic N) is 1. The molecule has 1 aromatic carbocycles. The molecule has 1 aromatic heterocycles. The van der Waals surface area contributed by atoms with Crippen molar-refractivity contribution in [3.8, 4) is 16.3 Å². The van der Waals surface area contributed by atoms with Gasteiger partial charge in [-0.3, -0.25) is 4.79 Å². The molecule has 0 unspecified atom stereocenters. The number of carbonyl (C=O) groups is 1.